The fourth-order valence-electron chi connectivity index (χ4n) is 1.60. The predicted molar refractivity (Wildman–Crippen MR) is 55.6 cm³/mol. The van der Waals surface area contributed by atoms with Crippen LogP contribution in [0.2, 0.25) is 0 Å². The van der Waals surface area contributed by atoms with Crippen molar-refractivity contribution in [1.29, 1.82) is 0 Å². The maximum Gasteiger partial charge on any atom is 0.331 e. The molecule has 1 N–H and O–H groups in total. The van der Waals surface area contributed by atoms with Gasteiger partial charge in [0.05, 0.1) is 0 Å². The van der Waals surface area contributed by atoms with E-state index in [-0.39, 0.29) is 6.04 Å². The molecule has 1 aromatic rings. The van der Waals surface area contributed by atoms with Gasteiger partial charge in [-0.15, -0.1) is 0 Å². The Bertz CT molecular complexity index is 359. The van der Waals surface area contributed by atoms with Crippen LogP contribution >= 0.6 is 11.3 Å². The van der Waals surface area contributed by atoms with E-state index >= 15 is 0 Å². The first-order valence-corrected chi connectivity index (χ1v) is 5.66. The van der Waals surface area contributed by atoms with Crippen LogP contribution in [0.4, 0.5) is 0 Å². The van der Waals surface area contributed by atoms with E-state index in [1.54, 1.807) is 11.4 Å². The van der Waals surface area contributed by atoms with E-state index in [0.29, 0.717) is 12.0 Å². The zero-order valence-electron chi connectivity index (χ0n) is 8.00. The molecule has 1 atom stereocenters. The third-order valence-electron chi connectivity index (χ3n) is 2.48. The lowest BCUT2D eigenvalue weighted by atomic mass is 10.1. The summed E-state index contributed by atoms with van der Waals surface area (Å²) in [6, 6.07) is 1.05. The van der Waals surface area contributed by atoms with E-state index in [2.05, 4.69) is 0 Å². The number of amides is 1. The van der Waals surface area contributed by atoms with Gasteiger partial charge >= 0.3 is 5.97 Å². The number of hydrogen-bond acceptors (Lipinski definition) is 3. The van der Waals surface area contributed by atoms with Crippen LogP contribution in [0.5, 0.6) is 0 Å². The van der Waals surface area contributed by atoms with Gasteiger partial charge in [0.1, 0.15) is 0 Å². The van der Waals surface area contributed by atoms with Crippen LogP contribution in [0.15, 0.2) is 16.8 Å². The summed E-state index contributed by atoms with van der Waals surface area (Å²) < 4.78 is 0. The molecule has 1 aliphatic carbocycles. The third kappa shape index (κ3) is 2.02. The summed E-state index contributed by atoms with van der Waals surface area (Å²) in [7, 11) is 0. The van der Waals surface area contributed by atoms with Gasteiger partial charge in [0, 0.05) is 6.04 Å². The molecule has 1 aliphatic rings. The maximum absolute atomic E-state index is 11.1. The summed E-state index contributed by atoms with van der Waals surface area (Å²) in [6.07, 6.45) is 2.47. The van der Waals surface area contributed by atoms with E-state index in [1.807, 2.05) is 5.38 Å². The first-order chi connectivity index (χ1) is 7.24. The van der Waals surface area contributed by atoms with Crippen LogP contribution in [0.3, 0.4) is 0 Å². The Hall–Kier alpha value is -1.36. The molecule has 1 amide bonds. The zero-order chi connectivity index (χ0) is 10.8. The predicted octanol–water partition coefficient (Wildman–Crippen LogP) is 1.49. The summed E-state index contributed by atoms with van der Waals surface area (Å²) in [5, 5.41) is 12.7. The number of carbonyl (C=O) groups is 2. The highest BCUT2D eigenvalue weighted by Crippen LogP contribution is 2.33. The largest absolute Gasteiger partial charge is 0.479 e. The van der Waals surface area contributed by atoms with Crippen molar-refractivity contribution in [2.24, 2.45) is 0 Å². The lowest BCUT2D eigenvalue weighted by Crippen LogP contribution is -2.34. The highest BCUT2D eigenvalue weighted by Gasteiger charge is 2.37. The number of nitrogens with zero attached hydrogens (tertiary/aromatic N) is 1. The van der Waals surface area contributed by atoms with Crippen molar-refractivity contribution < 1.29 is 14.7 Å². The molecule has 80 valence electrons. The highest BCUT2D eigenvalue weighted by atomic mass is 32.1. The van der Waals surface area contributed by atoms with E-state index in [1.165, 1.54) is 16.2 Å². The van der Waals surface area contributed by atoms with E-state index < -0.39 is 12.0 Å². The van der Waals surface area contributed by atoms with Crippen molar-refractivity contribution in [2.75, 3.05) is 0 Å². The molecule has 0 saturated heterocycles. The van der Waals surface area contributed by atoms with Crippen LogP contribution in [0.25, 0.3) is 0 Å². The Morgan fingerprint density at radius 3 is 2.80 bits per heavy atom. The molecule has 1 saturated carbocycles. The summed E-state index contributed by atoms with van der Waals surface area (Å²) in [4.78, 5) is 23.4. The van der Waals surface area contributed by atoms with E-state index in [4.69, 9.17) is 5.11 Å². The fourth-order valence-corrected chi connectivity index (χ4v) is 2.28. The molecule has 0 spiro atoms. The van der Waals surface area contributed by atoms with Gasteiger partial charge in [-0.3, -0.25) is 4.79 Å². The van der Waals surface area contributed by atoms with Gasteiger partial charge in [-0.25, -0.2) is 4.79 Å². The van der Waals surface area contributed by atoms with Crippen molar-refractivity contribution in [2.45, 2.75) is 24.9 Å². The Morgan fingerprint density at radius 2 is 2.40 bits per heavy atom. The van der Waals surface area contributed by atoms with Gasteiger partial charge in [0.15, 0.2) is 6.04 Å². The topological polar surface area (TPSA) is 57.6 Å². The van der Waals surface area contributed by atoms with Gasteiger partial charge in [-0.1, -0.05) is 0 Å². The normalized spacial score (nSPS) is 17.1. The van der Waals surface area contributed by atoms with E-state index in [9.17, 15) is 9.59 Å². The van der Waals surface area contributed by atoms with Gasteiger partial charge in [-0.05, 0) is 35.2 Å². The molecule has 0 aliphatic heterocycles. The van der Waals surface area contributed by atoms with Crippen molar-refractivity contribution in [3.8, 4) is 0 Å². The summed E-state index contributed by atoms with van der Waals surface area (Å²) in [5.74, 6) is -0.965. The number of rotatable bonds is 5. The van der Waals surface area contributed by atoms with Crippen molar-refractivity contribution in [1.82, 2.24) is 4.90 Å². The Balaban J connectivity index is 2.25. The minimum Gasteiger partial charge on any atom is -0.479 e. The smallest absolute Gasteiger partial charge is 0.331 e. The van der Waals surface area contributed by atoms with Crippen molar-refractivity contribution in [3.05, 3.63) is 22.4 Å². The summed E-state index contributed by atoms with van der Waals surface area (Å²) in [5.41, 5.74) is 0.687. The molecule has 1 fully saturated rings. The number of aliphatic carboxylic acids is 1. The number of carboxylic acid groups (broad SMARTS) is 1. The van der Waals surface area contributed by atoms with Crippen LogP contribution in [-0.2, 0) is 9.59 Å². The average molecular weight is 225 g/mol. The highest BCUT2D eigenvalue weighted by molar-refractivity contribution is 7.08. The summed E-state index contributed by atoms with van der Waals surface area (Å²) >= 11 is 1.44. The number of hydrogen-bond donors (Lipinski definition) is 1. The molecule has 0 radical (unpaired) electrons. The quantitative estimate of drug-likeness (QED) is 0.772. The molecular weight excluding hydrogens is 214 g/mol. The minimum atomic E-state index is -0.965. The monoisotopic (exact) mass is 225 g/mol. The molecule has 0 bridgehead atoms. The molecule has 2 rings (SSSR count). The molecular formula is C10H11NO3S. The second kappa shape index (κ2) is 4.02. The van der Waals surface area contributed by atoms with Gasteiger partial charge in [-0.2, -0.15) is 11.3 Å². The van der Waals surface area contributed by atoms with Crippen LogP contribution in [0.1, 0.15) is 24.4 Å². The maximum atomic E-state index is 11.1. The van der Waals surface area contributed by atoms with Crippen LogP contribution < -0.4 is 0 Å². The fraction of sp³-hybridized carbons (Fsp3) is 0.400. The number of carboxylic acids is 1. The van der Waals surface area contributed by atoms with Crippen molar-refractivity contribution >= 4 is 23.7 Å². The molecule has 0 aromatic carbocycles. The SMILES string of the molecule is O=CN(C1CC1)C(C(=O)O)c1ccsc1. The van der Waals surface area contributed by atoms with Crippen molar-refractivity contribution in [3.63, 3.8) is 0 Å². The number of thiophene rings is 1. The lowest BCUT2D eigenvalue weighted by molar-refractivity contribution is -0.147. The van der Waals surface area contributed by atoms with Gasteiger partial charge < -0.3 is 10.0 Å². The first kappa shape index (κ1) is 10.2. The summed E-state index contributed by atoms with van der Waals surface area (Å²) in [6.45, 7) is 0. The Labute approximate surface area is 91.1 Å². The lowest BCUT2D eigenvalue weighted by Gasteiger charge is -2.24. The standard InChI is InChI=1S/C10H11NO3S/c12-6-11(8-1-2-8)9(10(13)14)7-3-4-15-5-7/h3-6,8-9H,1-2H2,(H,13,14). The Kier molecular flexibility index (Phi) is 2.73. The zero-order valence-corrected chi connectivity index (χ0v) is 8.81. The molecule has 1 heterocycles. The van der Waals surface area contributed by atoms with Gasteiger partial charge in [0.25, 0.3) is 0 Å². The number of carbonyl (C=O) groups excluding carboxylic acids is 1. The first-order valence-electron chi connectivity index (χ1n) is 4.71. The third-order valence-corrected chi connectivity index (χ3v) is 3.18. The Morgan fingerprint density at radius 1 is 1.67 bits per heavy atom. The average Bonchev–Trinajstić information content (AvgIpc) is 2.90. The molecule has 15 heavy (non-hydrogen) atoms. The minimum absolute atomic E-state index is 0.114. The molecule has 1 unspecified atom stereocenters. The van der Waals surface area contributed by atoms with Crippen LogP contribution in [-0.4, -0.2) is 28.4 Å². The second-order valence-corrected chi connectivity index (χ2v) is 4.36. The van der Waals surface area contributed by atoms with Gasteiger partial charge in [0.2, 0.25) is 6.41 Å². The van der Waals surface area contributed by atoms with Crippen LogP contribution in [0, 0.1) is 0 Å². The molecule has 1 aromatic heterocycles. The molecule has 4 nitrogen and oxygen atoms in total. The molecule has 5 heteroatoms. The van der Waals surface area contributed by atoms with E-state index in [0.717, 1.165) is 12.8 Å². The second-order valence-electron chi connectivity index (χ2n) is 3.58.